The molecule has 0 fully saturated rings. The summed E-state index contributed by atoms with van der Waals surface area (Å²) in [6.45, 7) is 4.35. The highest BCUT2D eigenvalue weighted by Gasteiger charge is 2.21. The first-order valence-corrected chi connectivity index (χ1v) is 10.9. The molecule has 1 aliphatic rings. The van der Waals surface area contributed by atoms with E-state index < -0.39 is 0 Å². The van der Waals surface area contributed by atoms with Crippen molar-refractivity contribution >= 4 is 11.4 Å². The number of unbranched alkanes of at least 4 members (excludes halogenated alkanes) is 4. The normalized spacial score (nSPS) is 13.4. The molecule has 0 saturated carbocycles. The zero-order chi connectivity index (χ0) is 20.6. The number of benzene rings is 2. The maximum Gasteiger partial charge on any atom is 0.0867 e. The Morgan fingerprint density at radius 3 is 1.55 bits per heavy atom. The molecule has 0 atom stereocenters. The number of oxime groups is 2. The van der Waals surface area contributed by atoms with Crippen LogP contribution in [0.2, 0.25) is 0 Å². The van der Waals surface area contributed by atoms with Crippen LogP contribution in [0.15, 0.2) is 46.7 Å². The van der Waals surface area contributed by atoms with Gasteiger partial charge in [-0.2, -0.15) is 0 Å². The van der Waals surface area contributed by atoms with Crippen molar-refractivity contribution in [3.8, 4) is 11.1 Å². The minimum atomic E-state index is 0.767. The van der Waals surface area contributed by atoms with Gasteiger partial charge in [0.1, 0.15) is 0 Å². The van der Waals surface area contributed by atoms with Crippen molar-refractivity contribution in [2.45, 2.75) is 71.6 Å². The van der Waals surface area contributed by atoms with E-state index in [0.29, 0.717) is 0 Å². The summed E-state index contributed by atoms with van der Waals surface area (Å²) in [5, 5.41) is 26.1. The van der Waals surface area contributed by atoms with E-state index in [2.05, 4.69) is 60.6 Å². The maximum atomic E-state index is 9.47. The summed E-state index contributed by atoms with van der Waals surface area (Å²) < 4.78 is 0. The Bertz CT molecular complexity index is 826. The quantitative estimate of drug-likeness (QED) is 0.173. The third-order valence-electron chi connectivity index (χ3n) is 5.82. The summed E-state index contributed by atoms with van der Waals surface area (Å²) in [6.07, 6.45) is 9.12. The molecule has 2 N–H and O–H groups in total. The molecule has 154 valence electrons. The molecule has 0 saturated heterocycles. The van der Waals surface area contributed by atoms with Crippen LogP contribution in [0.1, 0.15) is 87.5 Å². The highest BCUT2D eigenvalue weighted by Crippen LogP contribution is 2.38. The van der Waals surface area contributed by atoms with Gasteiger partial charge in [0.25, 0.3) is 0 Å². The van der Waals surface area contributed by atoms with Crippen molar-refractivity contribution in [3.63, 3.8) is 0 Å². The molecule has 0 spiro atoms. The van der Waals surface area contributed by atoms with E-state index in [9.17, 15) is 10.4 Å². The second-order valence-electron chi connectivity index (χ2n) is 7.93. The molecule has 4 heteroatoms. The van der Waals surface area contributed by atoms with E-state index in [1.165, 1.54) is 22.3 Å². The Morgan fingerprint density at radius 2 is 1.17 bits per heavy atom. The van der Waals surface area contributed by atoms with E-state index >= 15 is 0 Å². The fourth-order valence-corrected chi connectivity index (χ4v) is 4.16. The first kappa shape index (κ1) is 21.1. The highest BCUT2D eigenvalue weighted by atomic mass is 16.4. The summed E-state index contributed by atoms with van der Waals surface area (Å²) in [5.74, 6) is 0. The molecule has 2 aromatic rings. The van der Waals surface area contributed by atoms with Gasteiger partial charge in [-0.15, -0.1) is 0 Å². The van der Waals surface area contributed by atoms with E-state index in [-0.39, 0.29) is 0 Å². The minimum Gasteiger partial charge on any atom is -0.411 e. The van der Waals surface area contributed by atoms with Gasteiger partial charge in [0, 0.05) is 0 Å². The zero-order valence-electron chi connectivity index (χ0n) is 17.6. The third kappa shape index (κ3) is 4.87. The molecule has 3 rings (SSSR count). The van der Waals surface area contributed by atoms with Gasteiger partial charge in [0.05, 0.1) is 11.4 Å². The van der Waals surface area contributed by atoms with Gasteiger partial charge in [-0.25, -0.2) is 0 Å². The number of fused-ring (bicyclic) bond motifs is 3. The fraction of sp³-hybridized carbons (Fsp3) is 0.440. The molecule has 0 unspecified atom stereocenters. The zero-order valence-corrected chi connectivity index (χ0v) is 17.6. The summed E-state index contributed by atoms with van der Waals surface area (Å²) >= 11 is 0. The molecule has 4 nitrogen and oxygen atoms in total. The Morgan fingerprint density at radius 1 is 0.724 bits per heavy atom. The molecular formula is C25H32N2O2. The number of nitrogens with zero attached hydrogens (tertiary/aromatic N) is 2. The van der Waals surface area contributed by atoms with Gasteiger partial charge in [0.2, 0.25) is 0 Å². The molecule has 1 aliphatic carbocycles. The molecule has 0 aliphatic heterocycles. The van der Waals surface area contributed by atoms with Crippen molar-refractivity contribution in [2.24, 2.45) is 10.3 Å². The highest BCUT2D eigenvalue weighted by molar-refractivity contribution is 6.02. The lowest BCUT2D eigenvalue weighted by Crippen LogP contribution is -2.02. The summed E-state index contributed by atoms with van der Waals surface area (Å²) in [7, 11) is 0. The van der Waals surface area contributed by atoms with Crippen LogP contribution in [-0.2, 0) is 6.42 Å². The van der Waals surface area contributed by atoms with E-state index in [1.807, 2.05) is 0 Å². The Hall–Kier alpha value is -2.62. The van der Waals surface area contributed by atoms with Crippen molar-refractivity contribution in [2.75, 3.05) is 0 Å². The predicted molar refractivity (Wildman–Crippen MR) is 120 cm³/mol. The largest absolute Gasteiger partial charge is 0.411 e. The average Bonchev–Trinajstić information content (AvgIpc) is 3.11. The van der Waals surface area contributed by atoms with E-state index in [4.69, 9.17) is 0 Å². The second kappa shape index (κ2) is 10.2. The lowest BCUT2D eigenvalue weighted by Gasteiger charge is -2.08. The monoisotopic (exact) mass is 392 g/mol. The SMILES string of the molecule is CCCCC/C(=N\O)c1ccc2c(c1)Cc1cc(/C(CCCCC)=N/O)ccc1-2. The Kier molecular flexibility index (Phi) is 7.45. The van der Waals surface area contributed by atoms with Crippen LogP contribution in [0.25, 0.3) is 11.1 Å². The van der Waals surface area contributed by atoms with Crippen LogP contribution >= 0.6 is 0 Å². The first-order chi connectivity index (χ1) is 14.2. The summed E-state index contributed by atoms with van der Waals surface area (Å²) in [4.78, 5) is 0. The molecule has 2 aromatic carbocycles. The molecule has 0 heterocycles. The predicted octanol–water partition coefficient (Wildman–Crippen LogP) is 6.78. The third-order valence-corrected chi connectivity index (χ3v) is 5.82. The van der Waals surface area contributed by atoms with Gasteiger partial charge in [-0.1, -0.05) is 74.1 Å². The van der Waals surface area contributed by atoms with Crippen LogP contribution in [0.4, 0.5) is 0 Å². The standard InChI is InChI=1S/C25H32N2O2/c1-3-5-7-9-24(26-28)18-11-13-22-20(15-18)17-21-16-19(12-14-23(21)22)25(27-29)10-8-6-4-2/h11-16,28-29H,3-10,17H2,1-2H3/b26-24+,27-25+. The second-order valence-corrected chi connectivity index (χ2v) is 7.93. The van der Waals surface area contributed by atoms with Crippen LogP contribution in [-0.4, -0.2) is 21.8 Å². The van der Waals surface area contributed by atoms with Gasteiger partial charge in [0.15, 0.2) is 0 Å². The summed E-state index contributed by atoms with van der Waals surface area (Å²) in [5.41, 5.74) is 8.57. The lowest BCUT2D eigenvalue weighted by molar-refractivity contribution is 0.317. The van der Waals surface area contributed by atoms with Gasteiger partial charge >= 0.3 is 0 Å². The van der Waals surface area contributed by atoms with Gasteiger partial charge in [-0.05, 0) is 77.6 Å². The van der Waals surface area contributed by atoms with E-state index in [0.717, 1.165) is 80.3 Å². The van der Waals surface area contributed by atoms with Gasteiger partial charge < -0.3 is 10.4 Å². The topological polar surface area (TPSA) is 65.2 Å². The molecular weight excluding hydrogens is 360 g/mol. The van der Waals surface area contributed by atoms with Crippen molar-refractivity contribution < 1.29 is 10.4 Å². The van der Waals surface area contributed by atoms with Crippen molar-refractivity contribution in [3.05, 3.63) is 58.7 Å². The van der Waals surface area contributed by atoms with Crippen molar-refractivity contribution in [1.82, 2.24) is 0 Å². The number of hydrogen-bond acceptors (Lipinski definition) is 4. The van der Waals surface area contributed by atoms with Crippen LogP contribution in [0, 0.1) is 0 Å². The molecule has 0 bridgehead atoms. The van der Waals surface area contributed by atoms with E-state index in [1.54, 1.807) is 0 Å². The number of hydrogen-bond donors (Lipinski definition) is 2. The van der Waals surface area contributed by atoms with Gasteiger partial charge in [-0.3, -0.25) is 0 Å². The number of rotatable bonds is 10. The minimum absolute atomic E-state index is 0.767. The smallest absolute Gasteiger partial charge is 0.0867 e. The van der Waals surface area contributed by atoms with Crippen LogP contribution in [0.5, 0.6) is 0 Å². The Labute approximate surface area is 174 Å². The summed E-state index contributed by atoms with van der Waals surface area (Å²) in [6, 6.07) is 12.7. The fourth-order valence-electron chi connectivity index (χ4n) is 4.16. The van der Waals surface area contributed by atoms with Crippen LogP contribution in [0.3, 0.4) is 0 Å². The lowest BCUT2D eigenvalue weighted by atomic mass is 9.97. The van der Waals surface area contributed by atoms with Crippen LogP contribution < -0.4 is 0 Å². The molecule has 0 aromatic heterocycles. The molecule has 0 amide bonds. The Balaban J connectivity index is 1.79. The first-order valence-electron chi connectivity index (χ1n) is 10.9. The van der Waals surface area contributed by atoms with Crippen molar-refractivity contribution in [1.29, 1.82) is 0 Å². The average molecular weight is 393 g/mol. The maximum absolute atomic E-state index is 9.47. The molecule has 29 heavy (non-hydrogen) atoms. The molecule has 0 radical (unpaired) electrons.